The van der Waals surface area contributed by atoms with Crippen LogP contribution in [0.1, 0.15) is 21.5 Å². The van der Waals surface area contributed by atoms with Crippen LogP contribution >= 0.6 is 0 Å². The Bertz CT molecular complexity index is 1060. The lowest BCUT2D eigenvalue weighted by atomic mass is 10.0. The highest BCUT2D eigenvalue weighted by atomic mass is 16.5. The van der Waals surface area contributed by atoms with Gasteiger partial charge in [0, 0.05) is 5.69 Å². The molecule has 0 saturated heterocycles. The van der Waals surface area contributed by atoms with E-state index < -0.39 is 5.91 Å². The summed E-state index contributed by atoms with van der Waals surface area (Å²) in [5, 5.41) is 7.00. The first kappa shape index (κ1) is 20.1. The van der Waals surface area contributed by atoms with Gasteiger partial charge in [0.25, 0.3) is 5.91 Å². The Hall–Kier alpha value is -3.67. The van der Waals surface area contributed by atoms with Crippen molar-refractivity contribution in [2.75, 3.05) is 18.5 Å². The molecule has 0 aliphatic carbocycles. The number of aryl methyl sites for hydroxylation is 2. The van der Waals surface area contributed by atoms with E-state index in [4.69, 9.17) is 4.74 Å². The number of carbonyl (C=O) groups excluding carboxylic acids is 3. The lowest BCUT2D eigenvalue weighted by Gasteiger charge is -2.13. The normalized spacial score (nSPS) is 10.4. The molecule has 0 heterocycles. The van der Waals surface area contributed by atoms with Crippen LogP contribution in [0.15, 0.2) is 54.6 Å². The first-order chi connectivity index (χ1) is 14.0. The Morgan fingerprint density at radius 1 is 0.931 bits per heavy atom. The van der Waals surface area contributed by atoms with Gasteiger partial charge in [-0.05, 0) is 41.8 Å². The van der Waals surface area contributed by atoms with Gasteiger partial charge in [-0.15, -0.1) is 0 Å². The van der Waals surface area contributed by atoms with Gasteiger partial charge >= 0.3 is 0 Å². The largest absolute Gasteiger partial charge is 0.483 e. The lowest BCUT2D eigenvalue weighted by Crippen LogP contribution is -2.36. The summed E-state index contributed by atoms with van der Waals surface area (Å²) in [4.78, 5) is 35.7. The van der Waals surface area contributed by atoms with Crippen molar-refractivity contribution in [3.63, 3.8) is 0 Å². The molecule has 29 heavy (non-hydrogen) atoms. The molecule has 3 aromatic rings. The van der Waals surface area contributed by atoms with E-state index >= 15 is 0 Å². The van der Waals surface area contributed by atoms with Gasteiger partial charge in [-0.2, -0.15) is 0 Å². The monoisotopic (exact) mass is 390 g/mol. The van der Waals surface area contributed by atoms with E-state index in [0.29, 0.717) is 17.6 Å². The van der Waals surface area contributed by atoms with E-state index in [2.05, 4.69) is 10.6 Å². The molecule has 0 aliphatic rings. The zero-order valence-electron chi connectivity index (χ0n) is 16.3. The summed E-state index contributed by atoms with van der Waals surface area (Å²) >= 11 is 0. The molecule has 3 aromatic carbocycles. The average molecular weight is 390 g/mol. The predicted octanol–water partition coefficient (Wildman–Crippen LogP) is 3.40. The number of nitrogens with one attached hydrogen (secondary N) is 2. The fourth-order valence-corrected chi connectivity index (χ4v) is 3.09. The quantitative estimate of drug-likeness (QED) is 0.606. The highest BCUT2D eigenvalue weighted by Crippen LogP contribution is 2.26. The minimum Gasteiger partial charge on any atom is -0.483 e. The van der Waals surface area contributed by atoms with E-state index in [9.17, 15) is 14.4 Å². The van der Waals surface area contributed by atoms with Gasteiger partial charge in [0.1, 0.15) is 5.75 Å². The van der Waals surface area contributed by atoms with Crippen molar-refractivity contribution in [1.82, 2.24) is 5.32 Å². The standard InChI is InChI=1S/C23H22N2O4/c1-15-6-5-7-16(2)23(15)25-21(27)12-24-22(28)14-29-20-11-10-17-8-3-4-9-18(17)19(20)13-26/h3-11,13H,12,14H2,1-2H3,(H,24,28)(H,25,27). The van der Waals surface area contributed by atoms with Crippen LogP contribution in [0.5, 0.6) is 5.75 Å². The molecule has 0 bridgehead atoms. The first-order valence-electron chi connectivity index (χ1n) is 9.22. The van der Waals surface area contributed by atoms with Crippen molar-refractivity contribution in [2.24, 2.45) is 0 Å². The van der Waals surface area contributed by atoms with Gasteiger partial charge in [0.2, 0.25) is 5.91 Å². The number of rotatable bonds is 7. The van der Waals surface area contributed by atoms with Gasteiger partial charge in [-0.25, -0.2) is 0 Å². The van der Waals surface area contributed by atoms with Crippen molar-refractivity contribution >= 4 is 34.6 Å². The molecule has 0 atom stereocenters. The number of anilines is 1. The molecule has 0 spiro atoms. The minimum absolute atomic E-state index is 0.172. The van der Waals surface area contributed by atoms with Gasteiger partial charge < -0.3 is 15.4 Å². The van der Waals surface area contributed by atoms with Crippen LogP contribution in [0, 0.1) is 13.8 Å². The molecule has 3 rings (SSSR count). The topological polar surface area (TPSA) is 84.5 Å². The molecule has 0 fully saturated rings. The van der Waals surface area contributed by atoms with E-state index in [1.807, 2.05) is 62.4 Å². The van der Waals surface area contributed by atoms with Crippen molar-refractivity contribution in [3.05, 3.63) is 71.3 Å². The van der Waals surface area contributed by atoms with Crippen LogP contribution < -0.4 is 15.4 Å². The molecule has 0 radical (unpaired) electrons. The summed E-state index contributed by atoms with van der Waals surface area (Å²) in [6.07, 6.45) is 0.716. The smallest absolute Gasteiger partial charge is 0.258 e. The number of aldehydes is 1. The third-order valence-electron chi connectivity index (χ3n) is 4.60. The Labute approximate surface area is 168 Å². The highest BCUT2D eigenvalue weighted by molar-refractivity contribution is 6.01. The number of benzene rings is 3. The third kappa shape index (κ3) is 4.79. The third-order valence-corrected chi connectivity index (χ3v) is 4.60. The maximum absolute atomic E-state index is 12.1. The van der Waals surface area contributed by atoms with Gasteiger partial charge in [-0.1, -0.05) is 48.5 Å². The van der Waals surface area contributed by atoms with Gasteiger partial charge in [-0.3, -0.25) is 14.4 Å². The zero-order valence-corrected chi connectivity index (χ0v) is 16.3. The van der Waals surface area contributed by atoms with Crippen LogP contribution in [0.25, 0.3) is 10.8 Å². The summed E-state index contributed by atoms with van der Waals surface area (Å²) in [5.41, 5.74) is 3.04. The van der Waals surface area contributed by atoms with E-state index in [-0.39, 0.29) is 19.1 Å². The molecule has 0 saturated carbocycles. The number of hydrogen-bond acceptors (Lipinski definition) is 4. The Morgan fingerprint density at radius 3 is 2.38 bits per heavy atom. The molecule has 0 aromatic heterocycles. The summed E-state index contributed by atoms with van der Waals surface area (Å²) < 4.78 is 5.51. The van der Waals surface area contributed by atoms with Crippen molar-refractivity contribution in [2.45, 2.75) is 13.8 Å². The molecular weight excluding hydrogens is 368 g/mol. The lowest BCUT2D eigenvalue weighted by molar-refractivity contribution is -0.125. The van der Waals surface area contributed by atoms with Crippen LogP contribution in [0.3, 0.4) is 0 Å². The SMILES string of the molecule is Cc1cccc(C)c1NC(=O)CNC(=O)COc1ccc2ccccc2c1C=O. The Balaban J connectivity index is 1.56. The van der Waals surface area contributed by atoms with E-state index in [0.717, 1.165) is 27.6 Å². The minimum atomic E-state index is -0.452. The van der Waals surface area contributed by atoms with Gasteiger partial charge in [0.15, 0.2) is 12.9 Å². The summed E-state index contributed by atoms with van der Waals surface area (Å²) in [6, 6.07) is 16.7. The van der Waals surface area contributed by atoms with E-state index in [1.165, 1.54) is 0 Å². The second-order valence-electron chi connectivity index (χ2n) is 6.70. The summed E-state index contributed by atoms with van der Waals surface area (Å²) in [7, 11) is 0. The predicted molar refractivity (Wildman–Crippen MR) is 112 cm³/mol. The molecule has 2 N–H and O–H groups in total. The number of amides is 2. The second kappa shape index (κ2) is 9.01. The zero-order chi connectivity index (χ0) is 20.8. The molecule has 2 amide bonds. The fraction of sp³-hybridized carbons (Fsp3) is 0.174. The van der Waals surface area contributed by atoms with E-state index in [1.54, 1.807) is 6.07 Å². The maximum Gasteiger partial charge on any atom is 0.258 e. The number of carbonyl (C=O) groups is 3. The van der Waals surface area contributed by atoms with Crippen molar-refractivity contribution in [1.29, 1.82) is 0 Å². The average Bonchev–Trinajstić information content (AvgIpc) is 2.73. The maximum atomic E-state index is 12.1. The van der Waals surface area contributed by atoms with Crippen molar-refractivity contribution in [3.8, 4) is 5.75 Å². The second-order valence-corrected chi connectivity index (χ2v) is 6.70. The molecule has 6 nitrogen and oxygen atoms in total. The molecule has 6 heteroatoms. The summed E-state index contributed by atoms with van der Waals surface area (Å²) in [5.74, 6) is -0.449. The number of para-hydroxylation sites is 1. The Kier molecular flexibility index (Phi) is 6.24. The van der Waals surface area contributed by atoms with Crippen LogP contribution in [-0.4, -0.2) is 31.3 Å². The Morgan fingerprint density at radius 2 is 1.66 bits per heavy atom. The number of hydrogen-bond donors (Lipinski definition) is 2. The van der Waals surface area contributed by atoms with Crippen LogP contribution in [0.4, 0.5) is 5.69 Å². The molecule has 0 aliphatic heterocycles. The van der Waals surface area contributed by atoms with Gasteiger partial charge in [0.05, 0.1) is 12.1 Å². The number of fused-ring (bicyclic) bond motifs is 1. The van der Waals surface area contributed by atoms with Crippen LogP contribution in [-0.2, 0) is 9.59 Å². The molecular formula is C23H22N2O4. The van der Waals surface area contributed by atoms with Crippen LogP contribution in [0.2, 0.25) is 0 Å². The highest BCUT2D eigenvalue weighted by Gasteiger charge is 2.12. The molecule has 0 unspecified atom stereocenters. The fourth-order valence-electron chi connectivity index (χ4n) is 3.09. The summed E-state index contributed by atoms with van der Waals surface area (Å²) in [6.45, 7) is 3.34. The number of ether oxygens (including phenoxy) is 1. The molecule has 148 valence electrons. The first-order valence-corrected chi connectivity index (χ1v) is 9.22. The van der Waals surface area contributed by atoms with Crippen molar-refractivity contribution < 1.29 is 19.1 Å².